The largest absolute Gasteiger partial charge is 0.494 e. The van der Waals surface area contributed by atoms with Crippen molar-refractivity contribution in [3.63, 3.8) is 0 Å². The van der Waals surface area contributed by atoms with Gasteiger partial charge >= 0.3 is 0 Å². The lowest BCUT2D eigenvalue weighted by atomic mass is 10.1. The van der Waals surface area contributed by atoms with Crippen molar-refractivity contribution in [1.82, 2.24) is 5.32 Å². The average molecular weight is 416 g/mol. The molecule has 2 aromatic carbocycles. The molecule has 0 saturated carbocycles. The molecule has 0 fully saturated rings. The van der Waals surface area contributed by atoms with E-state index in [1.165, 1.54) is 6.07 Å². The highest BCUT2D eigenvalue weighted by Crippen LogP contribution is 2.25. The van der Waals surface area contributed by atoms with Crippen LogP contribution in [-0.4, -0.2) is 19.1 Å². The molecular weight excluding hydrogens is 393 g/mol. The summed E-state index contributed by atoms with van der Waals surface area (Å²) in [6.07, 6.45) is 2.47. The molecular formula is C23H23ClFNO3. The first-order chi connectivity index (χ1) is 14.1. The number of ether oxygens (including phenoxy) is 1. The van der Waals surface area contributed by atoms with Crippen LogP contribution >= 0.6 is 11.6 Å². The fourth-order valence-electron chi connectivity index (χ4n) is 2.82. The van der Waals surface area contributed by atoms with Gasteiger partial charge in [-0.05, 0) is 61.4 Å². The predicted molar refractivity (Wildman–Crippen MR) is 112 cm³/mol. The molecule has 0 saturated heterocycles. The van der Waals surface area contributed by atoms with Gasteiger partial charge in [-0.15, -0.1) is 0 Å². The fourth-order valence-corrected chi connectivity index (χ4v) is 2.94. The van der Waals surface area contributed by atoms with Crippen LogP contribution in [0.3, 0.4) is 0 Å². The summed E-state index contributed by atoms with van der Waals surface area (Å²) in [6.45, 7) is 1.18. The number of benzene rings is 2. The minimum absolute atomic E-state index is 0.0348. The summed E-state index contributed by atoms with van der Waals surface area (Å²) in [5.74, 6) is 1.55. The molecule has 0 aliphatic heterocycles. The molecule has 29 heavy (non-hydrogen) atoms. The average Bonchev–Trinajstić information content (AvgIpc) is 3.19. The van der Waals surface area contributed by atoms with Gasteiger partial charge in [0, 0.05) is 24.4 Å². The molecule has 0 aliphatic carbocycles. The van der Waals surface area contributed by atoms with Gasteiger partial charge in [0.15, 0.2) is 0 Å². The summed E-state index contributed by atoms with van der Waals surface area (Å²) in [5.41, 5.74) is 0.420. The maximum atomic E-state index is 13.8. The minimum Gasteiger partial charge on any atom is -0.494 e. The molecule has 0 unspecified atom stereocenters. The summed E-state index contributed by atoms with van der Waals surface area (Å²) < 4.78 is 25.1. The van der Waals surface area contributed by atoms with Crippen LogP contribution in [-0.2, 0) is 11.2 Å². The Labute approximate surface area is 174 Å². The van der Waals surface area contributed by atoms with Crippen molar-refractivity contribution >= 4 is 17.5 Å². The Morgan fingerprint density at radius 3 is 2.62 bits per heavy atom. The summed E-state index contributed by atoms with van der Waals surface area (Å²) in [6, 6.07) is 17.2. The second-order valence-electron chi connectivity index (χ2n) is 6.61. The van der Waals surface area contributed by atoms with Gasteiger partial charge in [-0.3, -0.25) is 4.79 Å². The monoisotopic (exact) mass is 415 g/mol. The molecule has 1 N–H and O–H groups in total. The Hall–Kier alpha value is -2.79. The molecule has 0 bridgehead atoms. The van der Waals surface area contributed by atoms with Gasteiger partial charge in [-0.2, -0.15) is 0 Å². The number of furan rings is 1. The van der Waals surface area contributed by atoms with Crippen LogP contribution in [0.2, 0.25) is 5.02 Å². The van der Waals surface area contributed by atoms with Gasteiger partial charge in [0.1, 0.15) is 23.1 Å². The van der Waals surface area contributed by atoms with E-state index >= 15 is 0 Å². The van der Waals surface area contributed by atoms with Crippen molar-refractivity contribution in [1.29, 1.82) is 0 Å². The number of rotatable bonds is 10. The third kappa shape index (κ3) is 6.64. The van der Waals surface area contributed by atoms with E-state index in [9.17, 15) is 9.18 Å². The highest BCUT2D eigenvalue weighted by molar-refractivity contribution is 6.30. The number of carbonyl (C=O) groups excluding carboxylic acids is 1. The van der Waals surface area contributed by atoms with Crippen LogP contribution in [0.15, 0.2) is 65.1 Å². The van der Waals surface area contributed by atoms with Crippen molar-refractivity contribution in [2.75, 3.05) is 13.2 Å². The predicted octanol–water partition coefficient (Wildman–Crippen LogP) is 5.65. The molecule has 0 radical (unpaired) electrons. The summed E-state index contributed by atoms with van der Waals surface area (Å²) >= 11 is 5.83. The molecule has 0 aliphatic rings. The van der Waals surface area contributed by atoms with Crippen molar-refractivity contribution in [2.24, 2.45) is 0 Å². The smallest absolute Gasteiger partial charge is 0.220 e. The zero-order chi connectivity index (χ0) is 20.5. The van der Waals surface area contributed by atoms with E-state index in [0.717, 1.165) is 18.6 Å². The Balaban J connectivity index is 1.30. The molecule has 3 aromatic rings. The number of carbonyl (C=O) groups is 1. The van der Waals surface area contributed by atoms with Crippen LogP contribution in [0.4, 0.5) is 4.39 Å². The Morgan fingerprint density at radius 2 is 1.83 bits per heavy atom. The minimum atomic E-state index is -0.328. The maximum Gasteiger partial charge on any atom is 0.220 e. The molecule has 1 aromatic heterocycles. The third-order valence-electron chi connectivity index (χ3n) is 4.38. The zero-order valence-electron chi connectivity index (χ0n) is 16.0. The molecule has 4 nitrogen and oxygen atoms in total. The first-order valence-corrected chi connectivity index (χ1v) is 9.98. The highest BCUT2D eigenvalue weighted by Gasteiger charge is 2.10. The summed E-state index contributed by atoms with van der Waals surface area (Å²) in [5, 5.41) is 3.57. The maximum absolute atomic E-state index is 13.8. The SMILES string of the molecule is O=C(CCc1ccc(-c2ccccc2F)o1)NCCCCOc1ccc(Cl)cc1. The number of amides is 1. The van der Waals surface area contributed by atoms with Crippen LogP contribution in [0, 0.1) is 5.82 Å². The van der Waals surface area contributed by atoms with E-state index < -0.39 is 0 Å². The standard InChI is InChI=1S/C23H23ClFNO3/c24-17-7-9-18(10-8-17)28-16-4-3-15-26-23(27)14-12-19-11-13-22(29-19)20-5-1-2-6-21(20)25/h1-2,5-11,13H,3-4,12,14-16H2,(H,26,27). The van der Waals surface area contributed by atoms with Crippen molar-refractivity contribution in [3.05, 3.63) is 77.3 Å². The Morgan fingerprint density at radius 1 is 1.03 bits per heavy atom. The zero-order valence-corrected chi connectivity index (χ0v) is 16.8. The first kappa shape index (κ1) is 20.9. The van der Waals surface area contributed by atoms with Gasteiger partial charge < -0.3 is 14.5 Å². The van der Waals surface area contributed by atoms with Crippen molar-refractivity contribution in [2.45, 2.75) is 25.7 Å². The van der Waals surface area contributed by atoms with E-state index in [1.807, 2.05) is 12.1 Å². The van der Waals surface area contributed by atoms with Gasteiger partial charge in [-0.25, -0.2) is 4.39 Å². The fraction of sp³-hybridized carbons (Fsp3) is 0.261. The second-order valence-corrected chi connectivity index (χ2v) is 7.04. The molecule has 6 heteroatoms. The number of aryl methyl sites for hydroxylation is 1. The number of hydrogen-bond acceptors (Lipinski definition) is 3. The number of nitrogens with one attached hydrogen (secondary N) is 1. The quantitative estimate of drug-likeness (QED) is 0.435. The molecule has 0 spiro atoms. The molecule has 0 atom stereocenters. The highest BCUT2D eigenvalue weighted by atomic mass is 35.5. The van der Waals surface area contributed by atoms with Crippen molar-refractivity contribution in [3.8, 4) is 17.1 Å². The lowest BCUT2D eigenvalue weighted by molar-refractivity contribution is -0.121. The van der Waals surface area contributed by atoms with Crippen LogP contribution < -0.4 is 10.1 Å². The third-order valence-corrected chi connectivity index (χ3v) is 4.63. The summed E-state index contributed by atoms with van der Waals surface area (Å²) in [4.78, 5) is 12.0. The molecule has 1 amide bonds. The van der Waals surface area contributed by atoms with E-state index in [-0.39, 0.29) is 11.7 Å². The Bertz CT molecular complexity index is 924. The van der Waals surface area contributed by atoms with E-state index in [0.29, 0.717) is 48.1 Å². The van der Waals surface area contributed by atoms with E-state index in [4.69, 9.17) is 20.8 Å². The van der Waals surface area contributed by atoms with Crippen LogP contribution in [0.5, 0.6) is 5.75 Å². The Kier molecular flexibility index (Phi) is 7.70. The molecule has 1 heterocycles. The lowest BCUT2D eigenvalue weighted by Gasteiger charge is -2.07. The second kappa shape index (κ2) is 10.7. The van der Waals surface area contributed by atoms with Gasteiger partial charge in [0.2, 0.25) is 5.91 Å². The molecule has 3 rings (SSSR count). The number of halogens is 2. The van der Waals surface area contributed by atoms with E-state index in [1.54, 1.807) is 42.5 Å². The first-order valence-electron chi connectivity index (χ1n) is 9.60. The lowest BCUT2D eigenvalue weighted by Crippen LogP contribution is -2.24. The molecule has 152 valence electrons. The topological polar surface area (TPSA) is 51.5 Å². The van der Waals surface area contributed by atoms with Crippen LogP contribution in [0.25, 0.3) is 11.3 Å². The van der Waals surface area contributed by atoms with Crippen LogP contribution in [0.1, 0.15) is 25.0 Å². The van der Waals surface area contributed by atoms with Gasteiger partial charge in [-0.1, -0.05) is 23.7 Å². The number of hydrogen-bond donors (Lipinski definition) is 1. The van der Waals surface area contributed by atoms with Crippen molar-refractivity contribution < 1.29 is 18.3 Å². The number of unbranched alkanes of at least 4 members (excludes halogenated alkanes) is 1. The van der Waals surface area contributed by atoms with E-state index in [2.05, 4.69) is 5.32 Å². The normalized spacial score (nSPS) is 10.7. The summed E-state index contributed by atoms with van der Waals surface area (Å²) in [7, 11) is 0. The van der Waals surface area contributed by atoms with Gasteiger partial charge in [0.25, 0.3) is 0 Å². The van der Waals surface area contributed by atoms with Gasteiger partial charge in [0.05, 0.1) is 12.2 Å².